The summed E-state index contributed by atoms with van der Waals surface area (Å²) in [6.45, 7) is 7.11. The van der Waals surface area contributed by atoms with Gasteiger partial charge in [-0.25, -0.2) is 18.2 Å². The largest absolute Gasteiger partial charge is 0.492 e. The van der Waals surface area contributed by atoms with Crippen LogP contribution in [0.25, 0.3) is 10.8 Å². The fraction of sp³-hybridized carbons (Fsp3) is 0.323. The highest BCUT2D eigenvalue weighted by atomic mass is 32.2. The average molecular weight is 623 g/mol. The topological polar surface area (TPSA) is 144 Å². The number of carbonyl (C=O) groups is 1. The summed E-state index contributed by atoms with van der Waals surface area (Å²) < 4.78 is 43.4. The zero-order valence-corrected chi connectivity index (χ0v) is 26.7. The van der Waals surface area contributed by atoms with E-state index in [1.54, 1.807) is 43.6 Å². The second kappa shape index (κ2) is 13.3. The van der Waals surface area contributed by atoms with Gasteiger partial charge in [0.15, 0.2) is 5.75 Å². The Morgan fingerprint density at radius 1 is 0.955 bits per heavy atom. The molecule has 234 valence electrons. The number of nitrogens with zero attached hydrogens (tertiary/aromatic N) is 3. The highest BCUT2D eigenvalue weighted by molar-refractivity contribution is 7.92. The predicted octanol–water partition coefficient (Wildman–Crippen LogP) is 5.83. The summed E-state index contributed by atoms with van der Waals surface area (Å²) in [7, 11) is 1.31. The number of likely N-dealkylation sites (N-methyl/N-ethyl adjacent to an activating group) is 1. The molecular formula is C31H38N6O6S. The van der Waals surface area contributed by atoms with Crippen molar-refractivity contribution in [2.24, 2.45) is 0 Å². The molecule has 12 nitrogen and oxygen atoms in total. The second-order valence-electron chi connectivity index (χ2n) is 11.2. The summed E-state index contributed by atoms with van der Waals surface area (Å²) in [6.07, 6.45) is 2.68. The lowest BCUT2D eigenvalue weighted by Crippen LogP contribution is -2.24. The van der Waals surface area contributed by atoms with Crippen molar-refractivity contribution in [3.63, 3.8) is 0 Å². The van der Waals surface area contributed by atoms with Crippen LogP contribution in [0.3, 0.4) is 0 Å². The standard InChI is InChI=1S/C31H38N6O6S/c1-31(2,3)20-18-24(28(42-6)25(19-20)36-44(7,39)40)34-30(38)33-23-12-13-26(22-11-9-8-10-21(22)23)43-27-14-15-32-29(35-27)37(4)16-17-41-5/h8-15,18-19,36H,16-17H2,1-7H3,(H2,33,34,38). The minimum absolute atomic E-state index is 0.185. The van der Waals surface area contributed by atoms with E-state index in [1.807, 2.05) is 57.0 Å². The lowest BCUT2D eigenvalue weighted by atomic mass is 9.86. The predicted molar refractivity (Wildman–Crippen MR) is 174 cm³/mol. The summed E-state index contributed by atoms with van der Waals surface area (Å²) in [5.41, 5.74) is 1.52. The van der Waals surface area contributed by atoms with Crippen molar-refractivity contribution in [3.8, 4) is 17.4 Å². The molecule has 3 aromatic carbocycles. The third kappa shape index (κ3) is 8.05. The molecule has 44 heavy (non-hydrogen) atoms. The first-order chi connectivity index (χ1) is 20.8. The number of hydrogen-bond donors (Lipinski definition) is 3. The monoisotopic (exact) mass is 622 g/mol. The molecule has 3 N–H and O–H groups in total. The van der Waals surface area contributed by atoms with Gasteiger partial charge in [0, 0.05) is 43.7 Å². The molecular weight excluding hydrogens is 584 g/mol. The molecule has 1 heterocycles. The highest BCUT2D eigenvalue weighted by Crippen LogP contribution is 2.39. The van der Waals surface area contributed by atoms with Gasteiger partial charge in [-0.15, -0.1) is 0 Å². The van der Waals surface area contributed by atoms with Gasteiger partial charge in [-0.1, -0.05) is 45.0 Å². The molecule has 4 rings (SSSR count). The Bertz CT molecular complexity index is 1760. The van der Waals surface area contributed by atoms with Gasteiger partial charge in [-0.2, -0.15) is 4.98 Å². The van der Waals surface area contributed by atoms with E-state index >= 15 is 0 Å². The Labute approximate surface area is 257 Å². The van der Waals surface area contributed by atoms with Gasteiger partial charge in [0.05, 0.1) is 37.0 Å². The fourth-order valence-corrected chi connectivity index (χ4v) is 4.96. The first-order valence-corrected chi connectivity index (χ1v) is 15.7. The van der Waals surface area contributed by atoms with E-state index in [2.05, 4.69) is 25.3 Å². The van der Waals surface area contributed by atoms with Crippen LogP contribution in [0.4, 0.5) is 27.8 Å². The van der Waals surface area contributed by atoms with Crippen LogP contribution < -0.4 is 29.7 Å². The van der Waals surface area contributed by atoms with Crippen molar-refractivity contribution in [3.05, 3.63) is 66.4 Å². The normalized spacial score (nSPS) is 11.6. The molecule has 13 heteroatoms. The van der Waals surface area contributed by atoms with E-state index in [0.29, 0.717) is 42.1 Å². The molecule has 0 bridgehead atoms. The number of urea groups is 1. The van der Waals surface area contributed by atoms with Crippen LogP contribution in [0, 0.1) is 0 Å². The van der Waals surface area contributed by atoms with Gasteiger partial charge in [0.2, 0.25) is 21.9 Å². The quantitative estimate of drug-likeness (QED) is 0.188. The number of nitrogens with one attached hydrogen (secondary N) is 3. The number of ether oxygens (including phenoxy) is 3. The third-order valence-electron chi connectivity index (χ3n) is 6.64. The molecule has 0 aliphatic heterocycles. The number of aromatic nitrogens is 2. The molecule has 2 amide bonds. The van der Waals surface area contributed by atoms with Gasteiger partial charge in [-0.05, 0) is 35.2 Å². The number of fused-ring (bicyclic) bond motifs is 1. The van der Waals surface area contributed by atoms with Crippen molar-refractivity contribution >= 4 is 49.8 Å². The maximum atomic E-state index is 13.3. The van der Waals surface area contributed by atoms with Gasteiger partial charge in [0.25, 0.3) is 0 Å². The molecule has 0 radical (unpaired) electrons. The first kappa shape index (κ1) is 32.3. The molecule has 0 aliphatic carbocycles. The van der Waals surface area contributed by atoms with E-state index in [-0.39, 0.29) is 16.9 Å². The molecule has 0 spiro atoms. The molecule has 0 atom stereocenters. The van der Waals surface area contributed by atoms with Crippen LogP contribution in [0.2, 0.25) is 0 Å². The Morgan fingerprint density at radius 3 is 2.30 bits per heavy atom. The second-order valence-corrected chi connectivity index (χ2v) is 12.9. The smallest absolute Gasteiger partial charge is 0.323 e. The minimum atomic E-state index is -3.61. The Balaban J connectivity index is 1.62. The number of benzene rings is 3. The van der Waals surface area contributed by atoms with Crippen molar-refractivity contribution in [1.82, 2.24) is 9.97 Å². The number of methoxy groups -OCH3 is 2. The number of anilines is 4. The van der Waals surface area contributed by atoms with E-state index in [4.69, 9.17) is 14.2 Å². The van der Waals surface area contributed by atoms with E-state index < -0.39 is 16.1 Å². The average Bonchev–Trinajstić information content (AvgIpc) is 2.96. The van der Waals surface area contributed by atoms with Crippen molar-refractivity contribution < 1.29 is 27.4 Å². The molecule has 0 saturated carbocycles. The van der Waals surface area contributed by atoms with Crippen molar-refractivity contribution in [2.45, 2.75) is 26.2 Å². The fourth-order valence-electron chi connectivity index (χ4n) is 4.41. The van der Waals surface area contributed by atoms with E-state index in [1.165, 1.54) is 7.11 Å². The molecule has 0 fully saturated rings. The van der Waals surface area contributed by atoms with Gasteiger partial charge < -0.3 is 29.7 Å². The van der Waals surface area contributed by atoms with Crippen LogP contribution in [0.15, 0.2) is 60.8 Å². The van der Waals surface area contributed by atoms with Crippen LogP contribution in [0.5, 0.6) is 17.4 Å². The summed E-state index contributed by atoms with van der Waals surface area (Å²) >= 11 is 0. The molecule has 1 aromatic heterocycles. The summed E-state index contributed by atoms with van der Waals surface area (Å²) in [5.74, 6) is 1.60. The number of carbonyl (C=O) groups excluding carboxylic acids is 1. The van der Waals surface area contributed by atoms with Gasteiger partial charge in [0.1, 0.15) is 5.75 Å². The van der Waals surface area contributed by atoms with Crippen LogP contribution in [0.1, 0.15) is 26.3 Å². The lowest BCUT2D eigenvalue weighted by Gasteiger charge is -2.24. The summed E-state index contributed by atoms with van der Waals surface area (Å²) in [5, 5.41) is 7.22. The van der Waals surface area contributed by atoms with E-state index in [9.17, 15) is 13.2 Å². The maximum Gasteiger partial charge on any atom is 0.323 e. The molecule has 0 unspecified atom stereocenters. The third-order valence-corrected chi connectivity index (χ3v) is 7.23. The first-order valence-electron chi connectivity index (χ1n) is 13.8. The molecule has 4 aromatic rings. The SMILES string of the molecule is COCCN(C)c1nccc(Oc2ccc(NC(=O)Nc3cc(C(C)(C)C)cc(NS(C)(=O)=O)c3OC)c3ccccc23)n1. The number of hydrogen-bond acceptors (Lipinski definition) is 9. The van der Waals surface area contributed by atoms with Crippen molar-refractivity contribution in [2.75, 3.05) is 60.9 Å². The molecule has 0 saturated heterocycles. The Kier molecular flexibility index (Phi) is 9.80. The van der Waals surface area contributed by atoms with Crippen LogP contribution in [-0.4, -0.2) is 65.1 Å². The zero-order chi connectivity index (χ0) is 32.1. The van der Waals surface area contributed by atoms with Crippen molar-refractivity contribution in [1.29, 1.82) is 0 Å². The summed E-state index contributed by atoms with van der Waals surface area (Å²) in [6, 6.07) is 15.6. The minimum Gasteiger partial charge on any atom is -0.492 e. The Hall–Kier alpha value is -4.62. The van der Waals surface area contributed by atoms with Gasteiger partial charge >= 0.3 is 6.03 Å². The molecule has 0 aliphatic rings. The zero-order valence-electron chi connectivity index (χ0n) is 25.9. The van der Waals surface area contributed by atoms with E-state index in [0.717, 1.165) is 22.6 Å². The number of sulfonamides is 1. The maximum absolute atomic E-state index is 13.3. The van der Waals surface area contributed by atoms with Crippen LogP contribution >= 0.6 is 0 Å². The van der Waals surface area contributed by atoms with Gasteiger partial charge in [-0.3, -0.25) is 4.72 Å². The Morgan fingerprint density at radius 2 is 1.64 bits per heavy atom. The summed E-state index contributed by atoms with van der Waals surface area (Å²) in [4.78, 5) is 24.0. The number of rotatable bonds is 11. The lowest BCUT2D eigenvalue weighted by molar-refractivity contribution is 0.206. The van der Waals surface area contributed by atoms with Crippen LogP contribution in [-0.2, 0) is 20.2 Å². The number of amides is 2. The highest BCUT2D eigenvalue weighted by Gasteiger charge is 2.22.